The van der Waals surface area contributed by atoms with Crippen LogP contribution in [-0.4, -0.2) is 63.6 Å². The van der Waals surface area contributed by atoms with Gasteiger partial charge in [-0.15, -0.1) is 0 Å². The maximum atomic E-state index is 10.5. The van der Waals surface area contributed by atoms with E-state index in [1.807, 2.05) is 32.0 Å². The van der Waals surface area contributed by atoms with Crippen molar-refractivity contribution in [1.82, 2.24) is 0 Å². The summed E-state index contributed by atoms with van der Waals surface area (Å²) in [6.07, 6.45) is -0.877. The van der Waals surface area contributed by atoms with Gasteiger partial charge in [-0.05, 0) is 49.2 Å². The predicted octanol–water partition coefficient (Wildman–Crippen LogP) is 2.17. The van der Waals surface area contributed by atoms with Crippen LogP contribution in [0.25, 0.3) is 0 Å². The second kappa shape index (κ2) is 12.1. The molecule has 0 aliphatic rings. The Morgan fingerprint density at radius 2 is 1.71 bits per heavy atom. The number of anilines is 4. The molecule has 9 nitrogen and oxygen atoms in total. The van der Waals surface area contributed by atoms with Gasteiger partial charge in [0.15, 0.2) is 5.75 Å². The van der Waals surface area contributed by atoms with Gasteiger partial charge in [0.05, 0.1) is 43.9 Å². The number of rotatable bonds is 13. The van der Waals surface area contributed by atoms with Crippen LogP contribution >= 0.6 is 0 Å². The number of hydrogen-bond acceptors (Lipinski definition) is 9. The van der Waals surface area contributed by atoms with Crippen LogP contribution in [0, 0.1) is 13.8 Å². The second-order valence-corrected chi connectivity index (χ2v) is 7.14. The summed E-state index contributed by atoms with van der Waals surface area (Å²) in [7, 11) is 3.19. The molecule has 2 aromatic carbocycles. The van der Waals surface area contributed by atoms with Crippen molar-refractivity contribution in [1.29, 1.82) is 0 Å². The van der Waals surface area contributed by atoms with Crippen LogP contribution in [0.2, 0.25) is 0 Å². The molecule has 0 heterocycles. The minimum atomic E-state index is -0.877. The van der Waals surface area contributed by atoms with Crippen LogP contribution in [-0.2, 0) is 4.74 Å². The molecule has 0 aliphatic carbocycles. The Morgan fingerprint density at radius 1 is 1.00 bits per heavy atom. The molecule has 0 aliphatic heterocycles. The first-order valence-corrected chi connectivity index (χ1v) is 10.1. The maximum Gasteiger partial charge on any atom is 0.165 e. The van der Waals surface area contributed by atoms with Crippen molar-refractivity contribution in [2.45, 2.75) is 20.1 Å². The SMILES string of the molecule is COCCOc1c(C)cc(NC(O)CNc2cc(C)cc(NCCO)c2OC)cc1N. The fourth-order valence-corrected chi connectivity index (χ4v) is 3.21. The van der Waals surface area contributed by atoms with E-state index in [0.29, 0.717) is 42.6 Å². The molecule has 0 saturated carbocycles. The van der Waals surface area contributed by atoms with Crippen molar-refractivity contribution in [3.8, 4) is 11.5 Å². The molecular weight excluding hydrogens is 400 g/mol. The molecule has 0 fully saturated rings. The van der Waals surface area contributed by atoms with Crippen molar-refractivity contribution >= 4 is 22.7 Å². The van der Waals surface area contributed by atoms with Gasteiger partial charge >= 0.3 is 0 Å². The maximum absolute atomic E-state index is 10.5. The Kier molecular flexibility index (Phi) is 9.51. The smallest absolute Gasteiger partial charge is 0.165 e. The highest BCUT2D eigenvalue weighted by Crippen LogP contribution is 2.35. The lowest BCUT2D eigenvalue weighted by molar-refractivity contribution is 0.146. The molecule has 9 heteroatoms. The fraction of sp³-hybridized carbons (Fsp3) is 0.455. The number of aliphatic hydroxyl groups is 2. The largest absolute Gasteiger partial charge is 0.492 e. The molecule has 0 bridgehead atoms. The minimum absolute atomic E-state index is 0.0151. The van der Waals surface area contributed by atoms with Gasteiger partial charge in [0.2, 0.25) is 0 Å². The number of nitrogens with two attached hydrogens (primary N) is 1. The lowest BCUT2D eigenvalue weighted by Gasteiger charge is -2.21. The van der Waals surface area contributed by atoms with E-state index in [0.717, 1.165) is 22.5 Å². The summed E-state index contributed by atoms with van der Waals surface area (Å²) in [6, 6.07) is 7.47. The van der Waals surface area contributed by atoms with Gasteiger partial charge in [-0.2, -0.15) is 0 Å². The van der Waals surface area contributed by atoms with Gasteiger partial charge in [0.1, 0.15) is 18.6 Å². The zero-order chi connectivity index (χ0) is 22.8. The third-order valence-corrected chi connectivity index (χ3v) is 4.52. The van der Waals surface area contributed by atoms with Gasteiger partial charge < -0.3 is 46.1 Å². The van der Waals surface area contributed by atoms with Gasteiger partial charge in [-0.1, -0.05) is 0 Å². The molecule has 0 radical (unpaired) electrons. The van der Waals surface area contributed by atoms with E-state index in [-0.39, 0.29) is 13.2 Å². The molecule has 0 amide bonds. The summed E-state index contributed by atoms with van der Waals surface area (Å²) in [5.74, 6) is 1.23. The number of aliphatic hydroxyl groups excluding tert-OH is 2. The Bertz CT molecular complexity index is 824. The molecule has 172 valence electrons. The first-order valence-electron chi connectivity index (χ1n) is 10.1. The van der Waals surface area contributed by atoms with Crippen LogP contribution in [0.15, 0.2) is 24.3 Å². The summed E-state index contributed by atoms with van der Waals surface area (Å²) in [5.41, 5.74) is 10.7. The zero-order valence-corrected chi connectivity index (χ0v) is 18.6. The highest BCUT2D eigenvalue weighted by atomic mass is 16.5. The summed E-state index contributed by atoms with van der Waals surface area (Å²) in [6.45, 7) is 5.40. The normalized spacial score (nSPS) is 11.7. The summed E-state index contributed by atoms with van der Waals surface area (Å²) in [5, 5.41) is 28.9. The van der Waals surface area contributed by atoms with E-state index in [4.69, 9.17) is 25.1 Å². The average Bonchev–Trinajstić information content (AvgIpc) is 2.72. The van der Waals surface area contributed by atoms with Crippen molar-refractivity contribution in [2.24, 2.45) is 0 Å². The Hall–Kier alpha value is -2.88. The van der Waals surface area contributed by atoms with E-state index >= 15 is 0 Å². The molecule has 0 spiro atoms. The Morgan fingerprint density at radius 3 is 2.32 bits per heavy atom. The van der Waals surface area contributed by atoms with E-state index in [1.54, 1.807) is 20.3 Å². The third kappa shape index (κ3) is 7.09. The van der Waals surface area contributed by atoms with Gasteiger partial charge in [-0.25, -0.2) is 0 Å². The van der Waals surface area contributed by atoms with E-state index in [9.17, 15) is 5.11 Å². The van der Waals surface area contributed by atoms with Crippen molar-refractivity contribution in [3.05, 3.63) is 35.4 Å². The lowest BCUT2D eigenvalue weighted by Crippen LogP contribution is -2.28. The molecule has 1 unspecified atom stereocenters. The molecule has 0 aromatic heterocycles. The van der Waals surface area contributed by atoms with Gasteiger partial charge in [0, 0.05) is 19.3 Å². The highest BCUT2D eigenvalue weighted by molar-refractivity contribution is 5.73. The molecule has 2 rings (SSSR count). The molecular formula is C22H34N4O5. The van der Waals surface area contributed by atoms with Crippen LogP contribution in [0.3, 0.4) is 0 Å². The van der Waals surface area contributed by atoms with E-state index in [2.05, 4.69) is 16.0 Å². The molecule has 7 N–H and O–H groups in total. The summed E-state index contributed by atoms with van der Waals surface area (Å²) in [4.78, 5) is 0. The highest BCUT2D eigenvalue weighted by Gasteiger charge is 2.13. The van der Waals surface area contributed by atoms with Gasteiger partial charge in [-0.3, -0.25) is 0 Å². The number of ether oxygens (including phenoxy) is 3. The van der Waals surface area contributed by atoms with Crippen LogP contribution in [0.4, 0.5) is 22.7 Å². The van der Waals surface area contributed by atoms with Crippen LogP contribution < -0.4 is 31.2 Å². The molecule has 0 saturated heterocycles. The number of nitrogens with one attached hydrogen (secondary N) is 3. The summed E-state index contributed by atoms with van der Waals surface area (Å²) < 4.78 is 16.2. The lowest BCUT2D eigenvalue weighted by atomic mass is 10.1. The van der Waals surface area contributed by atoms with Crippen molar-refractivity contribution in [2.75, 3.05) is 68.8 Å². The number of nitrogen functional groups attached to an aromatic ring is 1. The summed E-state index contributed by atoms with van der Waals surface area (Å²) >= 11 is 0. The quantitative estimate of drug-likeness (QED) is 0.159. The minimum Gasteiger partial charge on any atom is -0.492 e. The standard InChI is InChI=1S/C22H34N4O5/c1-14-9-18(24-5-6-27)22(30-4)19(10-14)25-13-20(28)26-16-11-15(2)21(17(23)12-16)31-8-7-29-3/h9-12,20,24-28H,5-8,13,23H2,1-4H3. The number of hydrogen-bond donors (Lipinski definition) is 6. The topological polar surface area (TPSA) is 130 Å². The predicted molar refractivity (Wildman–Crippen MR) is 124 cm³/mol. The third-order valence-electron chi connectivity index (χ3n) is 4.52. The van der Waals surface area contributed by atoms with Crippen molar-refractivity contribution in [3.63, 3.8) is 0 Å². The van der Waals surface area contributed by atoms with Gasteiger partial charge in [0.25, 0.3) is 0 Å². The Balaban J connectivity index is 2.03. The molecule has 2 aromatic rings. The Labute approximate surface area is 183 Å². The fourth-order valence-electron chi connectivity index (χ4n) is 3.21. The van der Waals surface area contributed by atoms with E-state index < -0.39 is 6.23 Å². The number of benzene rings is 2. The number of aryl methyl sites for hydroxylation is 2. The van der Waals surface area contributed by atoms with E-state index in [1.165, 1.54) is 0 Å². The number of methoxy groups -OCH3 is 2. The van der Waals surface area contributed by atoms with Crippen LogP contribution in [0.5, 0.6) is 11.5 Å². The molecule has 1 atom stereocenters. The van der Waals surface area contributed by atoms with Crippen molar-refractivity contribution < 1.29 is 24.4 Å². The zero-order valence-electron chi connectivity index (χ0n) is 18.6. The van der Waals surface area contributed by atoms with Crippen LogP contribution in [0.1, 0.15) is 11.1 Å². The monoisotopic (exact) mass is 434 g/mol. The molecule has 31 heavy (non-hydrogen) atoms. The second-order valence-electron chi connectivity index (χ2n) is 7.14. The first kappa shape index (κ1) is 24.4. The first-order chi connectivity index (χ1) is 14.9. The average molecular weight is 435 g/mol.